The fraction of sp³-hybridized carbons (Fsp3) is 0.0455. The molecule has 0 aliphatic rings. The zero-order chi connectivity index (χ0) is 18.4. The largest absolute Gasteiger partial charge is 0.508 e. The molecule has 5 nitrogen and oxygen atoms in total. The number of hydrogen-bond donors (Lipinski definition) is 2. The average Bonchev–Trinajstić information content (AvgIpc) is 3.25. The second kappa shape index (κ2) is 5.92. The summed E-state index contributed by atoms with van der Waals surface area (Å²) in [6.45, 7) is 0. The van der Waals surface area contributed by atoms with Gasteiger partial charge in [0.2, 0.25) is 0 Å². The van der Waals surface area contributed by atoms with Gasteiger partial charge in [-0.1, -0.05) is 12.1 Å². The fourth-order valence-electron chi connectivity index (χ4n) is 3.29. The van der Waals surface area contributed by atoms with E-state index in [0.29, 0.717) is 6.01 Å². The molecule has 0 bridgehead atoms. The second-order valence-electron chi connectivity index (χ2n) is 6.57. The van der Waals surface area contributed by atoms with Crippen LogP contribution in [0.15, 0.2) is 77.3 Å². The van der Waals surface area contributed by atoms with Gasteiger partial charge in [-0.05, 0) is 65.7 Å². The third kappa shape index (κ3) is 2.79. The Balaban J connectivity index is 1.49. The van der Waals surface area contributed by atoms with E-state index in [9.17, 15) is 5.11 Å². The van der Waals surface area contributed by atoms with Crippen LogP contribution >= 0.6 is 0 Å². The van der Waals surface area contributed by atoms with Crippen LogP contribution in [0.25, 0.3) is 33.1 Å². The molecule has 5 heteroatoms. The summed E-state index contributed by atoms with van der Waals surface area (Å²) in [5.74, 6) is 0.221. The van der Waals surface area contributed by atoms with Crippen LogP contribution < -0.4 is 5.32 Å². The lowest BCUT2D eigenvalue weighted by molar-refractivity contribution is 0.475. The van der Waals surface area contributed by atoms with Crippen molar-refractivity contribution in [3.05, 3.63) is 72.9 Å². The highest BCUT2D eigenvalue weighted by atomic mass is 16.4. The summed E-state index contributed by atoms with van der Waals surface area (Å²) in [4.78, 5) is 4.54. The number of nitrogens with zero attached hydrogens (tertiary/aromatic N) is 2. The molecule has 3 aromatic carbocycles. The highest BCUT2D eigenvalue weighted by Gasteiger charge is 2.09. The lowest BCUT2D eigenvalue weighted by Crippen LogP contribution is -1.88. The van der Waals surface area contributed by atoms with Crippen molar-refractivity contribution in [2.45, 2.75) is 0 Å². The maximum Gasteiger partial charge on any atom is 0.300 e. The molecule has 0 amide bonds. The summed E-state index contributed by atoms with van der Waals surface area (Å²) in [5.41, 5.74) is 5.77. The number of rotatable bonds is 3. The van der Waals surface area contributed by atoms with Crippen LogP contribution in [-0.2, 0) is 7.05 Å². The van der Waals surface area contributed by atoms with Gasteiger partial charge < -0.3 is 19.4 Å². The first-order valence-corrected chi connectivity index (χ1v) is 8.68. The van der Waals surface area contributed by atoms with Gasteiger partial charge in [0.1, 0.15) is 11.3 Å². The number of oxazole rings is 1. The Bertz CT molecular complexity index is 1270. The maximum atomic E-state index is 9.38. The van der Waals surface area contributed by atoms with Crippen molar-refractivity contribution < 1.29 is 9.52 Å². The smallest absolute Gasteiger partial charge is 0.300 e. The second-order valence-corrected chi connectivity index (χ2v) is 6.57. The lowest BCUT2D eigenvalue weighted by atomic mass is 10.0. The highest BCUT2D eigenvalue weighted by molar-refractivity contribution is 5.88. The molecule has 132 valence electrons. The van der Waals surface area contributed by atoms with Gasteiger partial charge in [-0.3, -0.25) is 0 Å². The van der Waals surface area contributed by atoms with E-state index in [2.05, 4.69) is 45.3 Å². The molecule has 0 saturated carbocycles. The molecular weight excluding hydrogens is 338 g/mol. The SMILES string of the molecule is Cn1ccc2cc(-c3ccc4oc(Nc5ccc(O)cc5)nc4c3)ccc21. The quantitative estimate of drug-likeness (QED) is 0.423. The summed E-state index contributed by atoms with van der Waals surface area (Å²) >= 11 is 0. The molecule has 2 heterocycles. The van der Waals surface area contributed by atoms with Crippen LogP contribution in [0, 0.1) is 0 Å². The van der Waals surface area contributed by atoms with E-state index in [-0.39, 0.29) is 5.75 Å². The molecule has 0 fully saturated rings. The molecule has 5 aromatic rings. The van der Waals surface area contributed by atoms with E-state index in [0.717, 1.165) is 27.9 Å². The molecule has 0 unspecified atom stereocenters. The highest BCUT2D eigenvalue weighted by Crippen LogP contribution is 2.29. The van der Waals surface area contributed by atoms with E-state index >= 15 is 0 Å². The average molecular weight is 355 g/mol. The Morgan fingerprint density at radius 2 is 1.70 bits per heavy atom. The van der Waals surface area contributed by atoms with Crippen molar-refractivity contribution in [1.29, 1.82) is 0 Å². The van der Waals surface area contributed by atoms with Gasteiger partial charge in [0, 0.05) is 29.8 Å². The van der Waals surface area contributed by atoms with Gasteiger partial charge in [0.05, 0.1) is 0 Å². The first-order chi connectivity index (χ1) is 13.2. The Morgan fingerprint density at radius 1 is 0.926 bits per heavy atom. The van der Waals surface area contributed by atoms with E-state index < -0.39 is 0 Å². The Hall–Kier alpha value is -3.73. The number of aromatic nitrogens is 2. The van der Waals surface area contributed by atoms with Gasteiger partial charge in [0.15, 0.2) is 5.58 Å². The number of aromatic hydroxyl groups is 1. The minimum absolute atomic E-state index is 0.221. The topological polar surface area (TPSA) is 63.2 Å². The van der Waals surface area contributed by atoms with E-state index in [1.807, 2.05) is 25.2 Å². The van der Waals surface area contributed by atoms with Crippen LogP contribution in [-0.4, -0.2) is 14.7 Å². The van der Waals surface area contributed by atoms with Gasteiger partial charge in [0.25, 0.3) is 6.01 Å². The van der Waals surface area contributed by atoms with Gasteiger partial charge in [-0.2, -0.15) is 4.98 Å². The minimum Gasteiger partial charge on any atom is -0.508 e. The van der Waals surface area contributed by atoms with Crippen LogP contribution in [0.2, 0.25) is 0 Å². The number of nitrogens with one attached hydrogen (secondary N) is 1. The summed E-state index contributed by atoms with van der Waals surface area (Å²) in [6.07, 6.45) is 2.07. The number of phenolic OH excluding ortho intramolecular Hbond substituents is 1. The number of benzene rings is 3. The molecule has 5 rings (SSSR count). The van der Waals surface area contributed by atoms with E-state index in [1.54, 1.807) is 24.3 Å². The monoisotopic (exact) mass is 355 g/mol. The first-order valence-electron chi connectivity index (χ1n) is 8.68. The number of fused-ring (bicyclic) bond motifs is 2. The Kier molecular flexibility index (Phi) is 3.40. The van der Waals surface area contributed by atoms with E-state index in [1.165, 1.54) is 10.9 Å². The standard InChI is InChI=1S/C22H17N3O2/c1-25-11-10-16-12-14(2-8-20(16)25)15-3-9-21-19(13-15)24-22(27-21)23-17-4-6-18(26)7-5-17/h2-13,26H,1H3,(H,23,24). The normalized spacial score (nSPS) is 11.3. The van der Waals surface area contributed by atoms with Gasteiger partial charge >= 0.3 is 0 Å². The van der Waals surface area contributed by atoms with Crippen molar-refractivity contribution in [3.63, 3.8) is 0 Å². The molecule has 2 N–H and O–H groups in total. The molecule has 0 radical (unpaired) electrons. The summed E-state index contributed by atoms with van der Waals surface area (Å²) in [5, 5.41) is 13.7. The minimum atomic E-state index is 0.221. The molecule has 0 aliphatic carbocycles. The molecule has 0 spiro atoms. The van der Waals surface area contributed by atoms with Crippen molar-refractivity contribution in [3.8, 4) is 16.9 Å². The van der Waals surface area contributed by atoms with E-state index in [4.69, 9.17) is 4.42 Å². The molecule has 0 saturated heterocycles. The molecule has 27 heavy (non-hydrogen) atoms. The fourth-order valence-corrected chi connectivity index (χ4v) is 3.29. The van der Waals surface area contributed by atoms with Crippen molar-refractivity contribution in [1.82, 2.24) is 9.55 Å². The summed E-state index contributed by atoms with van der Waals surface area (Å²) in [6, 6.07) is 21.8. The Labute approximate surface area is 155 Å². The number of phenols is 1. The third-order valence-electron chi connectivity index (χ3n) is 4.72. The lowest BCUT2D eigenvalue weighted by Gasteiger charge is -2.03. The van der Waals surface area contributed by atoms with Gasteiger partial charge in [-0.15, -0.1) is 0 Å². The van der Waals surface area contributed by atoms with Gasteiger partial charge in [-0.25, -0.2) is 0 Å². The molecular formula is C22H17N3O2. The predicted molar refractivity (Wildman–Crippen MR) is 107 cm³/mol. The summed E-state index contributed by atoms with van der Waals surface area (Å²) in [7, 11) is 2.05. The first kappa shape index (κ1) is 15.5. The van der Waals surface area contributed by atoms with Crippen LogP contribution in [0.4, 0.5) is 11.7 Å². The molecule has 0 atom stereocenters. The predicted octanol–water partition coefficient (Wildman–Crippen LogP) is 5.44. The van der Waals surface area contributed by atoms with Crippen molar-refractivity contribution in [2.75, 3.05) is 5.32 Å². The summed E-state index contributed by atoms with van der Waals surface area (Å²) < 4.78 is 7.89. The zero-order valence-electron chi connectivity index (χ0n) is 14.7. The third-order valence-corrected chi connectivity index (χ3v) is 4.72. The number of hydrogen-bond acceptors (Lipinski definition) is 4. The van der Waals surface area contributed by atoms with Crippen molar-refractivity contribution in [2.24, 2.45) is 7.05 Å². The van der Waals surface area contributed by atoms with Crippen molar-refractivity contribution >= 4 is 33.7 Å². The molecule has 2 aromatic heterocycles. The van der Waals surface area contributed by atoms with Crippen LogP contribution in [0.3, 0.4) is 0 Å². The number of aryl methyl sites for hydroxylation is 1. The maximum absolute atomic E-state index is 9.38. The van der Waals surface area contributed by atoms with Crippen LogP contribution in [0.1, 0.15) is 0 Å². The zero-order valence-corrected chi connectivity index (χ0v) is 14.7. The number of anilines is 2. The Morgan fingerprint density at radius 3 is 2.56 bits per heavy atom. The molecule has 0 aliphatic heterocycles. The van der Waals surface area contributed by atoms with Crippen LogP contribution in [0.5, 0.6) is 5.75 Å².